The molecule has 0 heterocycles. The zero-order valence-electron chi connectivity index (χ0n) is 8.06. The van der Waals surface area contributed by atoms with Gasteiger partial charge in [-0.2, -0.15) is 0 Å². The zero-order chi connectivity index (χ0) is 8.91. The summed E-state index contributed by atoms with van der Waals surface area (Å²) in [5.41, 5.74) is 11.4. The lowest BCUT2D eigenvalue weighted by Gasteiger charge is -2.30. The van der Waals surface area contributed by atoms with Gasteiger partial charge in [0.1, 0.15) is 0 Å². The predicted molar refractivity (Wildman–Crippen MR) is 50.3 cm³/mol. The van der Waals surface area contributed by atoms with Crippen molar-refractivity contribution in [3.63, 3.8) is 0 Å². The first-order valence-corrected chi connectivity index (χ1v) is 4.44. The van der Waals surface area contributed by atoms with Crippen LogP contribution in [0.5, 0.6) is 0 Å². The lowest BCUT2D eigenvalue weighted by Crippen LogP contribution is -2.28. The largest absolute Gasteiger partial charge is 0.330 e. The van der Waals surface area contributed by atoms with E-state index < -0.39 is 0 Å². The third-order valence-electron chi connectivity index (χ3n) is 2.71. The lowest BCUT2D eigenvalue weighted by molar-refractivity contribution is 0.214. The van der Waals surface area contributed by atoms with E-state index in [1.165, 1.54) is 6.42 Å². The van der Waals surface area contributed by atoms with Gasteiger partial charge in [0.25, 0.3) is 0 Å². The molecule has 0 amide bonds. The molecule has 0 bridgehead atoms. The molecule has 0 aliphatic heterocycles. The molecule has 0 aromatic carbocycles. The molecule has 0 spiro atoms. The van der Waals surface area contributed by atoms with Crippen molar-refractivity contribution in [1.29, 1.82) is 0 Å². The third kappa shape index (κ3) is 3.73. The van der Waals surface area contributed by atoms with Crippen molar-refractivity contribution in [3.8, 4) is 0 Å². The molecule has 0 saturated heterocycles. The Kier molecular flexibility index (Phi) is 4.69. The second-order valence-electron chi connectivity index (χ2n) is 4.02. The normalized spacial score (nSPS) is 15.0. The van der Waals surface area contributed by atoms with Crippen LogP contribution in [0.2, 0.25) is 0 Å². The Bertz CT molecular complexity index is 99.7. The van der Waals surface area contributed by atoms with Crippen molar-refractivity contribution >= 4 is 0 Å². The van der Waals surface area contributed by atoms with Crippen molar-refractivity contribution in [3.05, 3.63) is 0 Å². The van der Waals surface area contributed by atoms with Crippen LogP contribution >= 0.6 is 0 Å². The Hall–Kier alpha value is -0.0800. The van der Waals surface area contributed by atoms with E-state index in [2.05, 4.69) is 20.8 Å². The average Bonchev–Trinajstić information content (AvgIpc) is 1.99. The highest BCUT2D eigenvalue weighted by Crippen LogP contribution is 2.30. The Morgan fingerprint density at radius 2 is 1.82 bits per heavy atom. The summed E-state index contributed by atoms with van der Waals surface area (Å²) in [7, 11) is 0. The summed E-state index contributed by atoms with van der Waals surface area (Å²) in [6.45, 7) is 8.30. The molecule has 2 nitrogen and oxygen atoms in total. The van der Waals surface area contributed by atoms with Crippen LogP contribution in [0, 0.1) is 11.3 Å². The van der Waals surface area contributed by atoms with Gasteiger partial charge in [-0.3, -0.25) is 0 Å². The standard InChI is InChI=1S/C9H22N2/c1-8(7-11)9(2,3)5-4-6-10/h8H,4-7,10-11H2,1-3H3. The molecule has 68 valence electrons. The van der Waals surface area contributed by atoms with Gasteiger partial charge in [-0.1, -0.05) is 20.8 Å². The van der Waals surface area contributed by atoms with Gasteiger partial charge in [0, 0.05) is 0 Å². The molecule has 1 unspecified atom stereocenters. The molecule has 1 atom stereocenters. The van der Waals surface area contributed by atoms with E-state index >= 15 is 0 Å². The minimum atomic E-state index is 0.355. The summed E-state index contributed by atoms with van der Waals surface area (Å²) in [5, 5.41) is 0. The summed E-state index contributed by atoms with van der Waals surface area (Å²) in [5.74, 6) is 0.592. The maximum atomic E-state index is 5.60. The van der Waals surface area contributed by atoms with Gasteiger partial charge in [-0.15, -0.1) is 0 Å². The third-order valence-corrected chi connectivity index (χ3v) is 2.71. The molecule has 0 aromatic heterocycles. The molecule has 0 rings (SSSR count). The maximum absolute atomic E-state index is 5.60. The summed E-state index contributed by atoms with van der Waals surface area (Å²) in [4.78, 5) is 0. The second-order valence-corrected chi connectivity index (χ2v) is 4.02. The first kappa shape index (κ1) is 10.9. The highest BCUT2D eigenvalue weighted by molar-refractivity contribution is 4.75. The summed E-state index contributed by atoms with van der Waals surface area (Å²) < 4.78 is 0. The smallest absolute Gasteiger partial charge is 0.00464 e. The summed E-state index contributed by atoms with van der Waals surface area (Å²) in [6.07, 6.45) is 2.29. The van der Waals surface area contributed by atoms with Gasteiger partial charge in [-0.05, 0) is 37.3 Å². The molecule has 2 heteroatoms. The van der Waals surface area contributed by atoms with Gasteiger partial charge in [-0.25, -0.2) is 0 Å². The molecule has 0 radical (unpaired) electrons. The van der Waals surface area contributed by atoms with Gasteiger partial charge >= 0.3 is 0 Å². The van der Waals surface area contributed by atoms with Crippen molar-refractivity contribution < 1.29 is 0 Å². The average molecular weight is 158 g/mol. The number of hydrogen-bond donors (Lipinski definition) is 2. The van der Waals surface area contributed by atoms with Crippen molar-refractivity contribution in [2.24, 2.45) is 22.8 Å². The van der Waals surface area contributed by atoms with Gasteiger partial charge in [0.05, 0.1) is 0 Å². The quantitative estimate of drug-likeness (QED) is 0.634. The van der Waals surface area contributed by atoms with Crippen LogP contribution in [-0.4, -0.2) is 13.1 Å². The van der Waals surface area contributed by atoms with Crippen LogP contribution in [-0.2, 0) is 0 Å². The number of rotatable bonds is 5. The molecule has 0 saturated carbocycles. The fourth-order valence-electron chi connectivity index (χ4n) is 1.12. The zero-order valence-corrected chi connectivity index (χ0v) is 8.06. The van der Waals surface area contributed by atoms with Gasteiger partial charge in [0.15, 0.2) is 0 Å². The Morgan fingerprint density at radius 3 is 2.18 bits per heavy atom. The second kappa shape index (κ2) is 4.73. The van der Waals surface area contributed by atoms with Gasteiger partial charge < -0.3 is 11.5 Å². The van der Waals surface area contributed by atoms with E-state index in [0.29, 0.717) is 11.3 Å². The molecular weight excluding hydrogens is 136 g/mol. The summed E-state index contributed by atoms with van der Waals surface area (Å²) >= 11 is 0. The molecule has 0 fully saturated rings. The predicted octanol–water partition coefficient (Wildman–Crippen LogP) is 1.35. The maximum Gasteiger partial charge on any atom is -0.00464 e. The van der Waals surface area contributed by atoms with Crippen LogP contribution in [0.4, 0.5) is 0 Å². The molecule has 0 aliphatic carbocycles. The fraction of sp³-hybridized carbons (Fsp3) is 1.00. The monoisotopic (exact) mass is 158 g/mol. The first-order valence-electron chi connectivity index (χ1n) is 4.44. The van der Waals surface area contributed by atoms with Crippen molar-refractivity contribution in [2.75, 3.05) is 13.1 Å². The van der Waals surface area contributed by atoms with Crippen LogP contribution in [0.3, 0.4) is 0 Å². The van der Waals surface area contributed by atoms with Crippen LogP contribution < -0.4 is 11.5 Å². The van der Waals surface area contributed by atoms with E-state index in [9.17, 15) is 0 Å². The fourth-order valence-corrected chi connectivity index (χ4v) is 1.12. The molecule has 4 N–H and O–H groups in total. The summed E-state index contributed by atoms with van der Waals surface area (Å²) in [6, 6.07) is 0. The van der Waals surface area contributed by atoms with Crippen LogP contribution in [0.25, 0.3) is 0 Å². The lowest BCUT2D eigenvalue weighted by atomic mass is 9.76. The minimum Gasteiger partial charge on any atom is -0.330 e. The molecule has 11 heavy (non-hydrogen) atoms. The number of nitrogens with two attached hydrogens (primary N) is 2. The van der Waals surface area contributed by atoms with E-state index in [0.717, 1.165) is 19.5 Å². The van der Waals surface area contributed by atoms with Gasteiger partial charge in [0.2, 0.25) is 0 Å². The van der Waals surface area contributed by atoms with E-state index in [1.807, 2.05) is 0 Å². The van der Waals surface area contributed by atoms with E-state index in [-0.39, 0.29) is 0 Å². The Morgan fingerprint density at radius 1 is 1.27 bits per heavy atom. The highest BCUT2D eigenvalue weighted by atomic mass is 14.6. The highest BCUT2D eigenvalue weighted by Gasteiger charge is 2.23. The SMILES string of the molecule is CC(CN)C(C)(C)CCCN. The minimum absolute atomic E-state index is 0.355. The molecule has 0 aromatic rings. The molecular formula is C9H22N2. The first-order chi connectivity index (χ1) is 5.04. The van der Waals surface area contributed by atoms with E-state index in [4.69, 9.17) is 11.5 Å². The molecule has 0 aliphatic rings. The Labute approximate surface area is 70.3 Å². The van der Waals surface area contributed by atoms with Crippen LogP contribution in [0.15, 0.2) is 0 Å². The van der Waals surface area contributed by atoms with E-state index in [1.54, 1.807) is 0 Å². The Balaban J connectivity index is 3.77. The number of hydrogen-bond acceptors (Lipinski definition) is 2. The topological polar surface area (TPSA) is 52.0 Å². The van der Waals surface area contributed by atoms with Crippen LogP contribution in [0.1, 0.15) is 33.6 Å². The van der Waals surface area contributed by atoms with Crippen molar-refractivity contribution in [2.45, 2.75) is 33.6 Å². The van der Waals surface area contributed by atoms with Crippen molar-refractivity contribution in [1.82, 2.24) is 0 Å².